The number of Topliss-reactive ketones (excluding diaryl/α,β-unsaturated/α-hetero) is 2. The summed E-state index contributed by atoms with van der Waals surface area (Å²) in [5.41, 5.74) is -1.86. The lowest BCUT2D eigenvalue weighted by Crippen LogP contribution is -2.60. The molecule has 0 amide bonds. The number of carbonyl (C=O) groups excluding carboxylic acids is 3. The van der Waals surface area contributed by atoms with Crippen molar-refractivity contribution in [3.8, 4) is 0 Å². The van der Waals surface area contributed by atoms with Crippen LogP contribution in [0.2, 0.25) is 0 Å². The van der Waals surface area contributed by atoms with Gasteiger partial charge in [0.05, 0.1) is 0 Å². The van der Waals surface area contributed by atoms with Gasteiger partial charge in [-0.2, -0.15) is 0 Å². The van der Waals surface area contributed by atoms with Crippen molar-refractivity contribution >= 4 is 17.3 Å². The fourth-order valence-corrected chi connectivity index (χ4v) is 6.62. The van der Waals surface area contributed by atoms with Gasteiger partial charge in [-0.1, -0.05) is 25.5 Å². The highest BCUT2D eigenvalue weighted by atomic mass is 16.3. The molecule has 5 nitrogen and oxygen atoms in total. The molecule has 0 heterocycles. The summed E-state index contributed by atoms with van der Waals surface area (Å²) in [7, 11) is 0. The van der Waals surface area contributed by atoms with Crippen LogP contribution in [0.25, 0.3) is 0 Å². The molecule has 3 saturated carbocycles. The molecule has 140 valence electrons. The zero-order chi connectivity index (χ0) is 18.9. The Morgan fingerprint density at radius 3 is 2.69 bits per heavy atom. The first kappa shape index (κ1) is 17.8. The number of hydrogen-bond donors (Lipinski definition) is 2. The Balaban J connectivity index is 1.76. The number of hydrogen-bond acceptors (Lipinski definition) is 5. The van der Waals surface area contributed by atoms with E-state index in [2.05, 4.69) is 0 Å². The molecule has 0 aromatic rings. The Kier molecular flexibility index (Phi) is 3.74. The van der Waals surface area contributed by atoms with Crippen molar-refractivity contribution < 1.29 is 24.6 Å². The van der Waals surface area contributed by atoms with Gasteiger partial charge in [0.25, 0.3) is 0 Å². The number of fused-ring (bicyclic) bond motifs is 5. The first-order chi connectivity index (χ1) is 12.2. The van der Waals surface area contributed by atoms with Gasteiger partial charge < -0.3 is 10.2 Å². The third-order valence-corrected chi connectivity index (χ3v) is 8.01. The van der Waals surface area contributed by atoms with Crippen LogP contribution in [-0.2, 0) is 14.4 Å². The lowest BCUT2D eigenvalue weighted by molar-refractivity contribution is -0.168. The normalized spacial score (nSPS) is 47.1. The summed E-state index contributed by atoms with van der Waals surface area (Å²) >= 11 is 0. The highest BCUT2D eigenvalue weighted by Gasteiger charge is 2.68. The van der Waals surface area contributed by atoms with Crippen LogP contribution in [-0.4, -0.2) is 39.8 Å². The van der Waals surface area contributed by atoms with E-state index in [0.717, 1.165) is 18.4 Å². The zero-order valence-electron chi connectivity index (χ0n) is 15.3. The minimum Gasteiger partial charge on any atom is -0.388 e. The van der Waals surface area contributed by atoms with E-state index in [4.69, 9.17) is 0 Å². The highest BCUT2D eigenvalue weighted by Crippen LogP contribution is 2.66. The lowest BCUT2D eigenvalue weighted by Gasteiger charge is -2.56. The van der Waals surface area contributed by atoms with Crippen LogP contribution in [0.3, 0.4) is 0 Å². The van der Waals surface area contributed by atoms with Gasteiger partial charge in [-0.3, -0.25) is 14.4 Å². The SMILES string of the molecule is C[C@]12C=CC(=O)C=C1CC[C@H]1[C@H]3CC[C@](O)(C(=O)CO)[C@]3(C)CC(=O)[C@@H]12. The van der Waals surface area contributed by atoms with Crippen molar-refractivity contribution in [3.63, 3.8) is 0 Å². The average Bonchev–Trinajstić information content (AvgIpc) is 2.86. The third kappa shape index (κ3) is 2.01. The van der Waals surface area contributed by atoms with Crippen LogP contribution in [0.15, 0.2) is 23.8 Å². The molecule has 4 aliphatic rings. The Bertz CT molecular complexity index is 764. The van der Waals surface area contributed by atoms with Crippen LogP contribution < -0.4 is 0 Å². The summed E-state index contributed by atoms with van der Waals surface area (Å²) < 4.78 is 0. The Morgan fingerprint density at radius 2 is 2.00 bits per heavy atom. The molecule has 0 aromatic heterocycles. The maximum atomic E-state index is 13.3. The van der Waals surface area contributed by atoms with Gasteiger partial charge in [0.1, 0.15) is 18.0 Å². The van der Waals surface area contributed by atoms with Crippen molar-refractivity contribution in [2.75, 3.05) is 6.61 Å². The average molecular weight is 358 g/mol. The van der Waals surface area contributed by atoms with E-state index in [1.807, 2.05) is 19.9 Å². The van der Waals surface area contributed by atoms with Gasteiger partial charge in [0.15, 0.2) is 11.6 Å². The number of ketones is 3. The van der Waals surface area contributed by atoms with Crippen LogP contribution in [0.5, 0.6) is 0 Å². The quantitative estimate of drug-likeness (QED) is 0.785. The fraction of sp³-hybridized carbons (Fsp3) is 0.667. The molecule has 2 N–H and O–H groups in total. The van der Waals surface area contributed by atoms with Gasteiger partial charge in [0.2, 0.25) is 0 Å². The summed E-state index contributed by atoms with van der Waals surface area (Å²) in [5, 5.41) is 20.5. The molecule has 0 radical (unpaired) electrons. The maximum absolute atomic E-state index is 13.3. The second-order valence-corrected chi connectivity index (χ2v) is 9.02. The van der Waals surface area contributed by atoms with Crippen LogP contribution in [0.1, 0.15) is 46.0 Å². The zero-order valence-corrected chi connectivity index (χ0v) is 15.3. The van der Waals surface area contributed by atoms with Crippen LogP contribution in [0.4, 0.5) is 0 Å². The summed E-state index contributed by atoms with van der Waals surface area (Å²) in [5.74, 6) is -0.590. The standard InChI is InChI=1S/C21H26O5/c1-19-7-5-13(23)9-12(19)3-4-14-15-6-8-21(26,17(25)11-22)20(15,2)10-16(24)18(14)19/h5,7,9,14-15,18,22,26H,3-4,6,8,10-11H2,1-2H3/t14-,15+,18+,19-,20+,21-/m0/s1. The van der Waals surface area contributed by atoms with E-state index in [9.17, 15) is 24.6 Å². The molecule has 4 rings (SSSR count). The first-order valence-corrected chi connectivity index (χ1v) is 9.51. The third-order valence-electron chi connectivity index (χ3n) is 8.01. The van der Waals surface area contributed by atoms with E-state index in [1.54, 1.807) is 12.2 Å². The van der Waals surface area contributed by atoms with Gasteiger partial charge in [-0.05, 0) is 49.7 Å². The largest absolute Gasteiger partial charge is 0.388 e. The monoisotopic (exact) mass is 358 g/mol. The van der Waals surface area contributed by atoms with Gasteiger partial charge >= 0.3 is 0 Å². The van der Waals surface area contributed by atoms with E-state index in [-0.39, 0.29) is 35.7 Å². The van der Waals surface area contributed by atoms with Crippen molar-refractivity contribution in [2.45, 2.75) is 51.6 Å². The van der Waals surface area contributed by atoms with Crippen molar-refractivity contribution in [1.82, 2.24) is 0 Å². The number of allylic oxidation sites excluding steroid dienone is 4. The molecular formula is C21H26O5. The Hall–Kier alpha value is -1.59. The second-order valence-electron chi connectivity index (χ2n) is 9.02. The molecule has 0 unspecified atom stereocenters. The van der Waals surface area contributed by atoms with E-state index >= 15 is 0 Å². The molecular weight excluding hydrogens is 332 g/mol. The van der Waals surface area contributed by atoms with E-state index < -0.39 is 28.8 Å². The van der Waals surface area contributed by atoms with Crippen molar-refractivity contribution in [2.24, 2.45) is 28.6 Å². The summed E-state index contributed by atoms with van der Waals surface area (Å²) in [6.07, 6.45) is 7.82. The molecule has 0 aliphatic heterocycles. The number of aliphatic hydroxyl groups excluding tert-OH is 1. The number of carbonyl (C=O) groups is 3. The van der Waals surface area contributed by atoms with Crippen molar-refractivity contribution in [1.29, 1.82) is 0 Å². The van der Waals surface area contributed by atoms with E-state index in [1.165, 1.54) is 0 Å². The molecule has 0 saturated heterocycles. The molecule has 0 bridgehead atoms. The topological polar surface area (TPSA) is 91.7 Å². The predicted molar refractivity (Wildman–Crippen MR) is 94.0 cm³/mol. The van der Waals surface area contributed by atoms with Crippen molar-refractivity contribution in [3.05, 3.63) is 23.8 Å². The summed E-state index contributed by atoms with van der Waals surface area (Å²) in [6, 6.07) is 0. The molecule has 0 aromatic carbocycles. The lowest BCUT2D eigenvalue weighted by atomic mass is 9.46. The van der Waals surface area contributed by atoms with Gasteiger partial charge in [-0.15, -0.1) is 0 Å². The molecule has 0 spiro atoms. The molecule has 26 heavy (non-hydrogen) atoms. The minimum absolute atomic E-state index is 0.0206. The highest BCUT2D eigenvalue weighted by molar-refractivity contribution is 6.02. The fourth-order valence-electron chi connectivity index (χ4n) is 6.62. The van der Waals surface area contributed by atoms with E-state index in [0.29, 0.717) is 12.8 Å². The second kappa shape index (κ2) is 5.46. The smallest absolute Gasteiger partial charge is 0.190 e. The molecule has 4 aliphatic carbocycles. The molecule has 3 fully saturated rings. The summed E-state index contributed by atoms with van der Waals surface area (Å²) in [6.45, 7) is 3.19. The summed E-state index contributed by atoms with van der Waals surface area (Å²) in [4.78, 5) is 37.4. The Labute approximate surface area is 153 Å². The molecule has 6 atom stereocenters. The minimum atomic E-state index is -1.62. The first-order valence-electron chi connectivity index (χ1n) is 9.51. The maximum Gasteiger partial charge on any atom is 0.190 e. The van der Waals surface area contributed by atoms with Gasteiger partial charge in [-0.25, -0.2) is 0 Å². The Morgan fingerprint density at radius 1 is 1.27 bits per heavy atom. The van der Waals surface area contributed by atoms with Crippen LogP contribution >= 0.6 is 0 Å². The predicted octanol–water partition coefficient (Wildman–Crippen LogP) is 1.77. The van der Waals surface area contributed by atoms with Gasteiger partial charge in [0, 0.05) is 23.2 Å². The number of rotatable bonds is 2. The number of aliphatic hydroxyl groups is 2. The molecule has 5 heteroatoms. The van der Waals surface area contributed by atoms with Crippen LogP contribution in [0, 0.1) is 28.6 Å².